The van der Waals surface area contributed by atoms with Gasteiger partial charge in [0.25, 0.3) is 0 Å². The fourth-order valence-electron chi connectivity index (χ4n) is 12.5. The monoisotopic (exact) mass is 836 g/mol. The summed E-state index contributed by atoms with van der Waals surface area (Å²) in [7, 11) is 0. The van der Waals surface area contributed by atoms with Gasteiger partial charge in [0.1, 0.15) is 0 Å². The Kier molecular flexibility index (Phi) is 8.86. The third-order valence-corrected chi connectivity index (χ3v) is 15.2. The Morgan fingerprint density at radius 3 is 1.11 bits per heavy atom. The average molecular weight is 837 g/mol. The third-order valence-electron chi connectivity index (χ3n) is 15.2. The Bertz CT molecular complexity index is 3630. The molecule has 0 saturated heterocycles. The second-order valence-electron chi connectivity index (χ2n) is 18.9. The summed E-state index contributed by atoms with van der Waals surface area (Å²) in [5, 5.41) is 46.1. The lowest BCUT2D eigenvalue weighted by atomic mass is 9.73. The fraction of sp³-hybridized carbons (Fsp3) is 0.267. The van der Waals surface area contributed by atoms with Crippen LogP contribution in [-0.2, 0) is 25.7 Å². The highest BCUT2D eigenvalue weighted by Crippen LogP contribution is 2.58. The summed E-state index contributed by atoms with van der Waals surface area (Å²) in [6, 6.07) is 31.5. The number of hydrogen-bond acceptors (Lipinski definition) is 2. The molecule has 0 atom stereocenters. The number of carboxylic acid groups (broad SMARTS) is 2. The molecular formula is C60H52O4. The fourth-order valence-corrected chi connectivity index (χ4v) is 12.5. The van der Waals surface area contributed by atoms with E-state index in [-0.39, 0.29) is 11.1 Å². The zero-order valence-electron chi connectivity index (χ0n) is 37.3. The first-order valence-electron chi connectivity index (χ1n) is 24.0. The zero-order valence-corrected chi connectivity index (χ0v) is 37.3. The summed E-state index contributed by atoms with van der Waals surface area (Å²) in [4.78, 5) is 28.4. The Balaban J connectivity index is 1.47. The first-order valence-corrected chi connectivity index (χ1v) is 24.0. The number of hydrogen-bond donors (Lipinski definition) is 2. The van der Waals surface area contributed by atoms with Gasteiger partial charge in [-0.25, -0.2) is 9.59 Å². The molecule has 0 amide bonds. The molecular weight excluding hydrogens is 785 g/mol. The number of unbranched alkanes of at least 4 members (excludes halogenated alkanes) is 4. The van der Waals surface area contributed by atoms with Crippen LogP contribution in [0.5, 0.6) is 0 Å². The zero-order chi connectivity index (χ0) is 43.7. The molecule has 12 aromatic rings. The molecule has 0 fully saturated rings. The van der Waals surface area contributed by atoms with Crippen LogP contribution < -0.4 is 0 Å². The minimum Gasteiger partial charge on any atom is -0.478 e. The van der Waals surface area contributed by atoms with E-state index in [1.54, 1.807) is 0 Å². The van der Waals surface area contributed by atoms with Crippen molar-refractivity contribution in [3.05, 3.63) is 118 Å². The molecule has 0 radical (unpaired) electrons. The van der Waals surface area contributed by atoms with E-state index in [1.165, 1.54) is 65.3 Å². The van der Waals surface area contributed by atoms with Gasteiger partial charge in [-0.3, -0.25) is 0 Å². The van der Waals surface area contributed by atoms with E-state index in [2.05, 4.69) is 100 Å². The van der Waals surface area contributed by atoms with Crippen molar-refractivity contribution in [1.29, 1.82) is 0 Å². The van der Waals surface area contributed by atoms with Gasteiger partial charge in [0.2, 0.25) is 0 Å². The van der Waals surface area contributed by atoms with Gasteiger partial charge in [-0.15, -0.1) is 0 Å². The summed E-state index contributed by atoms with van der Waals surface area (Å²) in [5.41, 5.74) is 5.03. The van der Waals surface area contributed by atoms with Crippen LogP contribution in [-0.4, -0.2) is 22.2 Å². The number of aryl methyl sites for hydroxylation is 4. The van der Waals surface area contributed by atoms with Crippen LogP contribution in [0.4, 0.5) is 0 Å². The van der Waals surface area contributed by atoms with Crippen molar-refractivity contribution in [1.82, 2.24) is 0 Å². The molecule has 0 aliphatic heterocycles. The number of rotatable bonds is 14. The second-order valence-corrected chi connectivity index (χ2v) is 18.9. The molecule has 0 heterocycles. The maximum Gasteiger partial charge on any atom is 0.337 e. The van der Waals surface area contributed by atoms with Crippen molar-refractivity contribution < 1.29 is 19.8 Å². The van der Waals surface area contributed by atoms with Crippen LogP contribution >= 0.6 is 0 Å². The second kappa shape index (κ2) is 14.5. The molecule has 12 aromatic carbocycles. The van der Waals surface area contributed by atoms with Crippen LogP contribution in [0, 0.1) is 0 Å². The van der Waals surface area contributed by atoms with Crippen molar-refractivity contribution in [3.63, 3.8) is 0 Å². The van der Waals surface area contributed by atoms with E-state index < -0.39 is 11.9 Å². The molecule has 0 bridgehead atoms. The highest BCUT2D eigenvalue weighted by molar-refractivity contribution is 6.56. The first kappa shape index (κ1) is 39.1. The van der Waals surface area contributed by atoms with Crippen LogP contribution in [0.2, 0.25) is 0 Å². The van der Waals surface area contributed by atoms with E-state index in [0.717, 1.165) is 142 Å². The molecule has 12 rings (SSSR count). The highest BCUT2D eigenvalue weighted by atomic mass is 16.4. The van der Waals surface area contributed by atoms with Gasteiger partial charge in [0.15, 0.2) is 0 Å². The van der Waals surface area contributed by atoms with E-state index >= 15 is 0 Å². The largest absolute Gasteiger partial charge is 0.478 e. The standard InChI is InChI=1S/C60H52O4/c1-5-9-15-31-23-25-35-37-19-13-21-39-47(37)51-43(41(35)27-31)29-33(17-11-7-3)45-46-34(18-12-8-4)30-44-42-28-32(16-10-6-2)24-26-36(42)38-20-14-22-40-48(38)52(44)54(46)56-50(40)58(60(63)64)57(59(61)62)49(39)55(56)53(45)51/h13-14,19-30H,5-12,15-18H2,1-4H3,(H,61,62)(H,63,64). The number of aromatic carboxylic acids is 2. The third kappa shape index (κ3) is 5.11. The SMILES string of the molecule is CCCCc1ccc2c(c1)c1cc(CCCC)c3c4c(CCCC)cc5c6cc(CCCC)ccc6c6cccc7c8c(C(=O)O)c(C(=O)O)c9c%10cccc2c%10c1c3c9c8c4c5c67. The van der Waals surface area contributed by atoms with Gasteiger partial charge in [0, 0.05) is 21.5 Å². The molecule has 0 saturated carbocycles. The Morgan fingerprint density at radius 2 is 0.719 bits per heavy atom. The molecule has 4 nitrogen and oxygen atoms in total. The summed E-state index contributed by atoms with van der Waals surface area (Å²) in [6.07, 6.45) is 12.4. The van der Waals surface area contributed by atoms with E-state index in [4.69, 9.17) is 0 Å². The molecule has 64 heavy (non-hydrogen) atoms. The first-order chi connectivity index (χ1) is 31.3. The van der Waals surface area contributed by atoms with Crippen molar-refractivity contribution in [3.8, 4) is 0 Å². The van der Waals surface area contributed by atoms with E-state index in [0.29, 0.717) is 10.8 Å². The van der Waals surface area contributed by atoms with Gasteiger partial charge in [-0.1, -0.05) is 126 Å². The van der Waals surface area contributed by atoms with E-state index in [9.17, 15) is 19.8 Å². The maximum absolute atomic E-state index is 14.2. The van der Waals surface area contributed by atoms with Crippen molar-refractivity contribution in [2.45, 2.75) is 105 Å². The summed E-state index contributed by atoms with van der Waals surface area (Å²) >= 11 is 0. The highest BCUT2D eigenvalue weighted by Gasteiger charge is 2.35. The van der Waals surface area contributed by atoms with Crippen molar-refractivity contribution in [2.75, 3.05) is 0 Å². The quantitative estimate of drug-likeness (QED) is 0.0845. The Labute approximate surface area is 371 Å². The molecule has 316 valence electrons. The summed E-state index contributed by atoms with van der Waals surface area (Å²) in [5.74, 6) is -2.42. The van der Waals surface area contributed by atoms with Crippen LogP contribution in [0.3, 0.4) is 0 Å². The summed E-state index contributed by atoms with van der Waals surface area (Å²) in [6.45, 7) is 9.02. The van der Waals surface area contributed by atoms with Crippen LogP contribution in [0.1, 0.15) is 122 Å². The maximum atomic E-state index is 14.2. The van der Waals surface area contributed by atoms with Gasteiger partial charge in [-0.2, -0.15) is 0 Å². The van der Waals surface area contributed by atoms with Gasteiger partial charge in [-0.05, 0) is 183 Å². The summed E-state index contributed by atoms with van der Waals surface area (Å²) < 4.78 is 0. The van der Waals surface area contributed by atoms with Gasteiger partial charge >= 0.3 is 11.9 Å². The molecule has 4 heteroatoms. The number of carboxylic acids is 2. The number of benzene rings is 12. The Hall–Kier alpha value is -6.52. The number of carbonyl (C=O) groups is 2. The topological polar surface area (TPSA) is 74.6 Å². The lowest BCUT2D eigenvalue weighted by Crippen LogP contribution is -2.12. The predicted molar refractivity (Wildman–Crippen MR) is 272 cm³/mol. The molecule has 2 N–H and O–H groups in total. The molecule has 0 aliphatic rings. The predicted octanol–water partition coefficient (Wildman–Crippen LogP) is 16.9. The van der Waals surface area contributed by atoms with Crippen LogP contribution in [0.25, 0.3) is 118 Å². The lowest BCUT2D eigenvalue weighted by Gasteiger charge is -2.29. The normalized spacial score (nSPS) is 12.8. The van der Waals surface area contributed by atoms with Crippen molar-refractivity contribution >= 4 is 130 Å². The molecule has 0 aliphatic carbocycles. The average Bonchev–Trinajstić information content (AvgIpc) is 3.31. The van der Waals surface area contributed by atoms with E-state index in [1.807, 2.05) is 12.1 Å². The minimum absolute atomic E-state index is 0.115. The Morgan fingerprint density at radius 1 is 0.344 bits per heavy atom. The van der Waals surface area contributed by atoms with Crippen molar-refractivity contribution in [2.24, 2.45) is 0 Å². The van der Waals surface area contributed by atoms with Gasteiger partial charge < -0.3 is 10.2 Å². The molecule has 0 aromatic heterocycles. The van der Waals surface area contributed by atoms with Crippen LogP contribution in [0.15, 0.2) is 84.9 Å². The molecule has 0 spiro atoms. The smallest absolute Gasteiger partial charge is 0.337 e. The lowest BCUT2D eigenvalue weighted by molar-refractivity contribution is 0.0655. The number of fused-ring (bicyclic) bond motifs is 9. The van der Waals surface area contributed by atoms with Gasteiger partial charge in [0.05, 0.1) is 11.1 Å². The minimum atomic E-state index is -1.21. The molecule has 0 unspecified atom stereocenters.